The van der Waals surface area contributed by atoms with Crippen LogP contribution < -0.4 is 0 Å². The lowest BCUT2D eigenvalue weighted by Crippen LogP contribution is -2.39. The molecule has 17 heavy (non-hydrogen) atoms. The summed E-state index contributed by atoms with van der Waals surface area (Å²) in [5.41, 5.74) is -3.70. The topological polar surface area (TPSA) is 143 Å². The zero-order chi connectivity index (χ0) is 12.8. The molecule has 2 heterocycles. The molecule has 0 amide bonds. The Hall–Kier alpha value is -0.300. The predicted octanol–water partition coefficient (Wildman–Crippen LogP) is -1.77. The molecule has 9 nitrogen and oxygen atoms in total. The lowest BCUT2D eigenvalue weighted by molar-refractivity contribution is 0.0373. The average molecular weight is 290 g/mol. The molecular formula is C6H10O9S2. The van der Waals surface area contributed by atoms with Crippen LogP contribution in [0.3, 0.4) is 0 Å². The first kappa shape index (κ1) is 13.1. The van der Waals surface area contributed by atoms with Gasteiger partial charge in [-0.05, 0) is 0 Å². The van der Waals surface area contributed by atoms with Crippen molar-refractivity contribution in [3.63, 3.8) is 0 Å². The maximum Gasteiger partial charge on any atom is 0.295 e. The van der Waals surface area contributed by atoms with E-state index < -0.39 is 43.3 Å². The molecule has 2 rings (SSSR count). The second-order valence-electron chi connectivity index (χ2n) is 3.65. The van der Waals surface area contributed by atoms with Gasteiger partial charge in [-0.1, -0.05) is 0 Å². The SMILES string of the molecule is O=S(=O)(O)C(OC(C1CO1)S(=O)(=O)O)C1CO1. The molecule has 0 aliphatic carbocycles. The third kappa shape index (κ3) is 3.34. The van der Waals surface area contributed by atoms with Crippen LogP contribution in [0.2, 0.25) is 0 Å². The quantitative estimate of drug-likeness (QED) is 0.429. The molecule has 4 unspecified atom stereocenters. The van der Waals surface area contributed by atoms with Gasteiger partial charge in [0.2, 0.25) is 10.9 Å². The summed E-state index contributed by atoms with van der Waals surface area (Å²) in [6, 6.07) is 0. The first-order valence-electron chi connectivity index (χ1n) is 4.51. The lowest BCUT2D eigenvalue weighted by atomic mass is 10.5. The molecule has 0 saturated carbocycles. The van der Waals surface area contributed by atoms with Gasteiger partial charge < -0.3 is 14.2 Å². The Kier molecular flexibility index (Phi) is 3.18. The Morgan fingerprint density at radius 1 is 0.941 bits per heavy atom. The maximum atomic E-state index is 11.0. The van der Waals surface area contributed by atoms with Gasteiger partial charge in [-0.3, -0.25) is 9.11 Å². The van der Waals surface area contributed by atoms with Crippen molar-refractivity contribution in [1.82, 2.24) is 0 Å². The third-order valence-electron chi connectivity index (χ3n) is 2.18. The Bertz CT molecular complexity index is 440. The summed E-state index contributed by atoms with van der Waals surface area (Å²) in [5.74, 6) is 0. The summed E-state index contributed by atoms with van der Waals surface area (Å²) in [7, 11) is -9.28. The van der Waals surface area contributed by atoms with Gasteiger partial charge in [0.05, 0.1) is 13.2 Å². The van der Waals surface area contributed by atoms with Crippen LogP contribution in [0.15, 0.2) is 0 Å². The van der Waals surface area contributed by atoms with Gasteiger partial charge in [0.15, 0.2) is 0 Å². The highest BCUT2D eigenvalue weighted by Crippen LogP contribution is 2.28. The second-order valence-corrected chi connectivity index (χ2v) is 6.64. The summed E-state index contributed by atoms with van der Waals surface area (Å²) in [6.07, 6.45) is -1.87. The van der Waals surface area contributed by atoms with E-state index in [1.807, 2.05) is 0 Å². The molecule has 0 aromatic heterocycles. The molecule has 11 heteroatoms. The zero-order valence-electron chi connectivity index (χ0n) is 8.29. The summed E-state index contributed by atoms with van der Waals surface area (Å²) in [4.78, 5) is 0. The van der Waals surface area contributed by atoms with E-state index in [-0.39, 0.29) is 13.2 Å². The standard InChI is InChI=1S/C6H10O9S2/c7-16(8,9)5(3-1-13-3)15-6(4-2-14-4)17(10,11)12/h3-6H,1-2H2,(H,7,8,9)(H,10,11,12). The first-order chi connectivity index (χ1) is 7.69. The molecule has 4 atom stereocenters. The zero-order valence-corrected chi connectivity index (χ0v) is 9.93. The Morgan fingerprint density at radius 3 is 1.41 bits per heavy atom. The number of hydrogen-bond acceptors (Lipinski definition) is 7. The van der Waals surface area contributed by atoms with E-state index in [9.17, 15) is 16.8 Å². The fourth-order valence-electron chi connectivity index (χ4n) is 1.26. The number of rotatable bonds is 6. The average Bonchev–Trinajstić information content (AvgIpc) is 2.94. The van der Waals surface area contributed by atoms with Crippen molar-refractivity contribution in [3.8, 4) is 0 Å². The highest BCUT2D eigenvalue weighted by molar-refractivity contribution is 7.87. The van der Waals surface area contributed by atoms with Crippen LogP contribution in [-0.2, 0) is 34.4 Å². The van der Waals surface area contributed by atoms with E-state index in [0.29, 0.717) is 0 Å². The molecular weight excluding hydrogens is 280 g/mol. The molecule has 2 aliphatic heterocycles. The van der Waals surface area contributed by atoms with E-state index in [4.69, 9.17) is 13.8 Å². The largest absolute Gasteiger partial charge is 0.369 e. The molecule has 2 N–H and O–H groups in total. The van der Waals surface area contributed by atoms with Crippen molar-refractivity contribution >= 4 is 20.2 Å². The van der Waals surface area contributed by atoms with E-state index in [1.54, 1.807) is 0 Å². The van der Waals surface area contributed by atoms with E-state index in [1.165, 1.54) is 0 Å². The highest BCUT2D eigenvalue weighted by atomic mass is 32.2. The molecule has 0 bridgehead atoms. The van der Waals surface area contributed by atoms with E-state index in [0.717, 1.165) is 0 Å². The van der Waals surface area contributed by atoms with Gasteiger partial charge in [0.25, 0.3) is 20.2 Å². The molecule has 2 aliphatic rings. The lowest BCUT2D eigenvalue weighted by Gasteiger charge is -2.18. The van der Waals surface area contributed by atoms with E-state index >= 15 is 0 Å². The minimum absolute atomic E-state index is 0.0220. The number of ether oxygens (including phenoxy) is 3. The molecule has 100 valence electrons. The number of hydrogen-bond donors (Lipinski definition) is 2. The van der Waals surface area contributed by atoms with Crippen molar-refractivity contribution in [2.75, 3.05) is 13.2 Å². The molecule has 0 spiro atoms. The summed E-state index contributed by atoms with van der Waals surface area (Å²) >= 11 is 0. The molecule has 2 saturated heterocycles. The molecule has 0 radical (unpaired) electrons. The highest BCUT2D eigenvalue weighted by Gasteiger charge is 2.50. The first-order valence-corrected chi connectivity index (χ1v) is 7.51. The van der Waals surface area contributed by atoms with Gasteiger partial charge >= 0.3 is 0 Å². The van der Waals surface area contributed by atoms with Crippen molar-refractivity contribution in [2.45, 2.75) is 23.1 Å². The van der Waals surface area contributed by atoms with Crippen molar-refractivity contribution in [2.24, 2.45) is 0 Å². The van der Waals surface area contributed by atoms with Crippen LogP contribution in [0, 0.1) is 0 Å². The van der Waals surface area contributed by atoms with Gasteiger partial charge in [-0.15, -0.1) is 0 Å². The molecule has 2 fully saturated rings. The van der Waals surface area contributed by atoms with Gasteiger partial charge in [0, 0.05) is 0 Å². The van der Waals surface area contributed by atoms with Gasteiger partial charge in [-0.2, -0.15) is 16.8 Å². The summed E-state index contributed by atoms with van der Waals surface area (Å²) in [6.45, 7) is 0.0440. The van der Waals surface area contributed by atoms with Crippen LogP contribution in [0.1, 0.15) is 0 Å². The van der Waals surface area contributed by atoms with Crippen molar-refractivity contribution < 1.29 is 40.2 Å². The summed E-state index contributed by atoms with van der Waals surface area (Å²) in [5, 5.41) is 0. The number of epoxide rings is 2. The van der Waals surface area contributed by atoms with Crippen molar-refractivity contribution in [1.29, 1.82) is 0 Å². The normalized spacial score (nSPS) is 31.9. The van der Waals surface area contributed by atoms with Gasteiger partial charge in [0.1, 0.15) is 12.2 Å². The Labute approximate surface area is 97.2 Å². The van der Waals surface area contributed by atoms with Crippen LogP contribution >= 0.6 is 0 Å². The minimum atomic E-state index is -4.64. The fourth-order valence-corrected chi connectivity index (χ4v) is 2.93. The third-order valence-corrected chi connectivity index (χ3v) is 4.18. The fraction of sp³-hybridized carbons (Fsp3) is 1.00. The second kappa shape index (κ2) is 4.12. The Balaban J connectivity index is 2.16. The van der Waals surface area contributed by atoms with Crippen molar-refractivity contribution in [3.05, 3.63) is 0 Å². The monoisotopic (exact) mass is 290 g/mol. The molecule has 0 aromatic rings. The Morgan fingerprint density at radius 2 is 1.24 bits per heavy atom. The summed E-state index contributed by atoms with van der Waals surface area (Å²) < 4.78 is 75.5. The van der Waals surface area contributed by atoms with Crippen LogP contribution in [0.4, 0.5) is 0 Å². The van der Waals surface area contributed by atoms with Crippen LogP contribution in [-0.4, -0.2) is 62.2 Å². The van der Waals surface area contributed by atoms with Crippen LogP contribution in [0.25, 0.3) is 0 Å². The molecule has 0 aromatic carbocycles. The minimum Gasteiger partial charge on any atom is -0.369 e. The predicted molar refractivity (Wildman–Crippen MR) is 51.2 cm³/mol. The van der Waals surface area contributed by atoms with Gasteiger partial charge in [-0.25, -0.2) is 0 Å². The maximum absolute atomic E-state index is 11.0. The van der Waals surface area contributed by atoms with E-state index in [2.05, 4.69) is 9.47 Å². The van der Waals surface area contributed by atoms with Crippen LogP contribution in [0.5, 0.6) is 0 Å². The smallest absolute Gasteiger partial charge is 0.295 e.